The lowest BCUT2D eigenvalue weighted by Crippen LogP contribution is -1.98. The first-order valence-electron chi connectivity index (χ1n) is 19.2. The van der Waals surface area contributed by atoms with Crippen molar-refractivity contribution >= 4 is 21.8 Å². The minimum atomic E-state index is 0.391. The highest BCUT2D eigenvalue weighted by molar-refractivity contribution is 6.12. The van der Waals surface area contributed by atoms with Gasteiger partial charge in [0.2, 0.25) is 0 Å². The molecule has 0 aliphatic carbocycles. The Kier molecular flexibility index (Phi) is 9.39. The molecule has 0 radical (unpaired) electrons. The third-order valence-electron chi connectivity index (χ3n) is 10.9. The molecule has 0 N–H and O–H groups in total. The van der Waals surface area contributed by atoms with Crippen molar-refractivity contribution in [3.05, 3.63) is 197 Å². The molecule has 61 heavy (non-hydrogen) atoms. The van der Waals surface area contributed by atoms with Crippen LogP contribution in [0.15, 0.2) is 164 Å². The first-order valence-corrected chi connectivity index (χ1v) is 19.2. The molecule has 7 heteroatoms. The number of hydrogen-bond donors (Lipinski definition) is 0. The average molecular weight is 774 g/mol. The Balaban J connectivity index is 1.32. The monoisotopic (exact) mass is 773 g/mol. The van der Waals surface area contributed by atoms with Crippen molar-refractivity contribution < 1.29 is 0 Å². The lowest BCUT2D eigenvalue weighted by molar-refractivity contribution is 1.18. The number of para-hydroxylation sites is 1. The molecule has 0 unspecified atom stereocenters. The van der Waals surface area contributed by atoms with Crippen LogP contribution in [0.2, 0.25) is 0 Å². The molecule has 0 spiro atoms. The number of fused-ring (bicyclic) bond motifs is 3. The molecule has 0 amide bonds. The Morgan fingerprint density at radius 3 is 0.918 bits per heavy atom. The molecule has 0 aliphatic rings. The van der Waals surface area contributed by atoms with Crippen LogP contribution in [0, 0.1) is 68.0 Å². The summed E-state index contributed by atoms with van der Waals surface area (Å²) >= 11 is 0. The van der Waals surface area contributed by atoms with Crippen molar-refractivity contribution in [2.45, 2.75) is 0 Å². The molecule has 0 saturated heterocycles. The fourth-order valence-corrected chi connectivity index (χ4v) is 8.24. The van der Waals surface area contributed by atoms with Gasteiger partial charge in [-0.05, 0) is 135 Å². The molecule has 278 valence electrons. The third-order valence-corrected chi connectivity index (χ3v) is 10.9. The predicted octanol–water partition coefficient (Wildman–Crippen LogP) is 12.3. The summed E-state index contributed by atoms with van der Waals surface area (Å²) in [6, 6.07) is 65.3. The van der Waals surface area contributed by atoms with Crippen molar-refractivity contribution in [1.29, 1.82) is 31.6 Å². The number of nitrogens with zero attached hydrogens (tertiary/aromatic N) is 7. The van der Waals surface area contributed by atoms with E-state index in [2.05, 4.69) is 77.4 Å². The van der Waals surface area contributed by atoms with Gasteiger partial charge in [0.05, 0.1) is 86.5 Å². The molecule has 7 nitrogen and oxygen atoms in total. The van der Waals surface area contributed by atoms with Gasteiger partial charge in [0.25, 0.3) is 0 Å². The van der Waals surface area contributed by atoms with E-state index in [1.165, 1.54) is 0 Å². The van der Waals surface area contributed by atoms with E-state index < -0.39 is 0 Å². The highest BCUT2D eigenvalue weighted by Crippen LogP contribution is 2.42. The van der Waals surface area contributed by atoms with Crippen LogP contribution < -0.4 is 0 Å². The summed E-state index contributed by atoms with van der Waals surface area (Å²) in [5.74, 6) is 0. The molecule has 0 atom stereocenters. The lowest BCUT2D eigenvalue weighted by atomic mass is 9.91. The largest absolute Gasteiger partial charge is 0.309 e. The van der Waals surface area contributed by atoms with Gasteiger partial charge < -0.3 is 4.57 Å². The molecule has 0 fully saturated rings. The van der Waals surface area contributed by atoms with Gasteiger partial charge in [-0.1, -0.05) is 78.9 Å². The smallest absolute Gasteiger partial charge is 0.0992 e. The quantitative estimate of drug-likeness (QED) is 0.164. The molecule has 1 heterocycles. The first-order chi connectivity index (χ1) is 29.9. The second kappa shape index (κ2) is 15.4. The van der Waals surface area contributed by atoms with Gasteiger partial charge >= 0.3 is 0 Å². The summed E-state index contributed by atoms with van der Waals surface area (Å²) in [6.45, 7) is 0. The van der Waals surface area contributed by atoms with E-state index in [1.54, 1.807) is 54.6 Å². The topological polar surface area (TPSA) is 148 Å². The molecular weight excluding hydrogens is 747 g/mol. The summed E-state index contributed by atoms with van der Waals surface area (Å²) in [7, 11) is 0. The Morgan fingerprint density at radius 1 is 0.279 bits per heavy atom. The molecular formula is C54H27N7. The van der Waals surface area contributed by atoms with Crippen LogP contribution in [0.25, 0.3) is 83.1 Å². The highest BCUT2D eigenvalue weighted by Gasteiger charge is 2.20. The fourth-order valence-electron chi connectivity index (χ4n) is 8.24. The van der Waals surface area contributed by atoms with Crippen LogP contribution in [0.1, 0.15) is 33.4 Å². The average Bonchev–Trinajstić information content (AvgIpc) is 3.66. The van der Waals surface area contributed by atoms with Gasteiger partial charge in [-0.15, -0.1) is 0 Å². The van der Waals surface area contributed by atoms with Crippen LogP contribution in [-0.2, 0) is 0 Å². The lowest BCUT2D eigenvalue weighted by Gasteiger charge is -2.15. The minimum Gasteiger partial charge on any atom is -0.309 e. The number of rotatable bonds is 6. The first kappa shape index (κ1) is 37.1. The maximum Gasteiger partial charge on any atom is 0.0992 e. The van der Waals surface area contributed by atoms with Crippen LogP contribution >= 0.6 is 0 Å². The molecule has 0 bridgehead atoms. The molecule has 9 rings (SSSR count). The number of aromatic nitrogens is 1. The zero-order valence-electron chi connectivity index (χ0n) is 32.2. The number of hydrogen-bond acceptors (Lipinski definition) is 6. The van der Waals surface area contributed by atoms with Gasteiger partial charge in [-0.25, -0.2) is 0 Å². The van der Waals surface area contributed by atoms with Crippen molar-refractivity contribution in [2.24, 2.45) is 0 Å². The van der Waals surface area contributed by atoms with E-state index in [4.69, 9.17) is 0 Å². The predicted molar refractivity (Wildman–Crippen MR) is 236 cm³/mol. The van der Waals surface area contributed by atoms with E-state index in [-0.39, 0.29) is 0 Å². The zero-order chi connectivity index (χ0) is 42.0. The van der Waals surface area contributed by atoms with Crippen molar-refractivity contribution in [3.8, 4) is 97.7 Å². The van der Waals surface area contributed by atoms with Crippen LogP contribution in [0.3, 0.4) is 0 Å². The van der Waals surface area contributed by atoms with Crippen LogP contribution in [0.5, 0.6) is 0 Å². The van der Waals surface area contributed by atoms with Crippen LogP contribution in [0.4, 0.5) is 0 Å². The Morgan fingerprint density at radius 2 is 0.574 bits per heavy atom. The molecule has 1 aromatic heterocycles. The summed E-state index contributed by atoms with van der Waals surface area (Å²) in [5, 5.41) is 60.8. The van der Waals surface area contributed by atoms with E-state index >= 15 is 0 Å². The van der Waals surface area contributed by atoms with Gasteiger partial charge in [0, 0.05) is 16.3 Å². The maximum absolute atomic E-state index is 9.87. The van der Waals surface area contributed by atoms with E-state index in [0.29, 0.717) is 33.4 Å². The molecule has 9 aromatic rings. The van der Waals surface area contributed by atoms with E-state index in [1.807, 2.05) is 72.8 Å². The Hall–Kier alpha value is -9.50. The maximum atomic E-state index is 9.87. The van der Waals surface area contributed by atoms with Crippen LogP contribution in [-0.4, -0.2) is 4.57 Å². The van der Waals surface area contributed by atoms with Gasteiger partial charge in [0.1, 0.15) is 0 Å². The van der Waals surface area contributed by atoms with Crippen molar-refractivity contribution in [3.63, 3.8) is 0 Å². The second-order valence-corrected chi connectivity index (χ2v) is 14.5. The highest BCUT2D eigenvalue weighted by atomic mass is 15.0. The Labute approximate surface area is 351 Å². The molecule has 0 saturated carbocycles. The van der Waals surface area contributed by atoms with Gasteiger partial charge in [-0.2, -0.15) is 31.6 Å². The summed E-state index contributed by atoms with van der Waals surface area (Å²) in [5.41, 5.74) is 13.7. The molecule has 8 aromatic carbocycles. The number of nitriles is 6. The van der Waals surface area contributed by atoms with Gasteiger partial charge in [-0.3, -0.25) is 0 Å². The van der Waals surface area contributed by atoms with E-state index in [0.717, 1.165) is 83.1 Å². The minimum absolute atomic E-state index is 0.391. The van der Waals surface area contributed by atoms with Crippen molar-refractivity contribution in [2.75, 3.05) is 0 Å². The zero-order valence-corrected chi connectivity index (χ0v) is 32.2. The summed E-state index contributed by atoms with van der Waals surface area (Å²) in [4.78, 5) is 0. The fraction of sp³-hybridized carbons (Fsp3) is 0. The Bertz CT molecular complexity index is 3290. The second-order valence-electron chi connectivity index (χ2n) is 14.5. The molecule has 0 aliphatic heterocycles. The van der Waals surface area contributed by atoms with E-state index in [9.17, 15) is 31.6 Å². The number of benzene rings is 8. The SMILES string of the molecule is N#Cc1cc(C#N)cc(-c2ccccc2-c2ccc3c(c2)c2cc(-c4ccccc4-c4cc(C#N)cc(C#N)c4)ccc2n3-c2ccccc2-c2cc(C#N)cc(C#N)c2)c1. The normalized spacial score (nSPS) is 10.5. The standard InChI is InChI=1S/C54H27N7/c55-28-34-17-35(29-56)21-42(20-34)47-9-3-1-7-45(47)40-13-15-53-50(26-40)51-27-41(46-8-2-4-10-48(46)43-22-36(30-57)18-37(23-43)31-58)14-16-54(51)61(53)52-12-6-5-11-49(52)44-24-38(32-59)19-39(25-44)33-60/h1-27H. The summed E-state index contributed by atoms with van der Waals surface area (Å²) < 4.78 is 2.21. The third kappa shape index (κ3) is 6.67. The van der Waals surface area contributed by atoms with Gasteiger partial charge in [0.15, 0.2) is 0 Å². The summed E-state index contributed by atoms with van der Waals surface area (Å²) in [6.07, 6.45) is 0. The van der Waals surface area contributed by atoms with Crippen molar-refractivity contribution in [1.82, 2.24) is 4.57 Å².